The number of aliphatic hydroxyl groups excluding tert-OH is 4. The molecule has 0 saturated carbocycles. The highest BCUT2D eigenvalue weighted by molar-refractivity contribution is 7.15. The Balaban J connectivity index is 1.68. The number of thiophene rings is 1. The number of benzene rings is 2. The molecule has 1 fully saturated rings. The van der Waals surface area contributed by atoms with Crippen molar-refractivity contribution in [3.8, 4) is 10.4 Å². The van der Waals surface area contributed by atoms with Gasteiger partial charge in [-0.25, -0.2) is 4.39 Å². The maximum atomic E-state index is 15.6. The van der Waals surface area contributed by atoms with E-state index >= 15 is 8.78 Å². The number of aliphatic hydroxyl groups is 4. The van der Waals surface area contributed by atoms with Gasteiger partial charge in [0.05, 0.1) is 11.5 Å². The Labute approximate surface area is 192 Å². The molecule has 4 rings (SSSR count). The lowest BCUT2D eigenvalue weighted by Crippen LogP contribution is -2.55. The van der Waals surface area contributed by atoms with Crippen molar-refractivity contribution in [3.05, 3.63) is 82.0 Å². The van der Waals surface area contributed by atoms with Gasteiger partial charge >= 0.3 is 5.92 Å². The molecule has 0 radical (unpaired) electrons. The molecule has 0 spiro atoms. The van der Waals surface area contributed by atoms with Crippen molar-refractivity contribution < 1.29 is 38.3 Å². The Morgan fingerprint density at radius 3 is 2.30 bits per heavy atom. The van der Waals surface area contributed by atoms with Crippen molar-refractivity contribution in [1.82, 2.24) is 0 Å². The number of rotatable bonds is 5. The van der Waals surface area contributed by atoms with Crippen LogP contribution in [0.4, 0.5) is 13.2 Å². The second-order valence-corrected chi connectivity index (χ2v) is 9.15. The highest BCUT2D eigenvalue weighted by Gasteiger charge is 2.45. The van der Waals surface area contributed by atoms with Gasteiger partial charge in [0.25, 0.3) is 0 Å². The molecule has 33 heavy (non-hydrogen) atoms. The number of ether oxygens (including phenoxy) is 1. The topological polar surface area (TPSA) is 90.2 Å². The average Bonchev–Trinajstić information content (AvgIpc) is 3.30. The molecule has 1 aliphatic rings. The van der Waals surface area contributed by atoms with E-state index in [2.05, 4.69) is 0 Å². The molecule has 1 saturated heterocycles. The van der Waals surface area contributed by atoms with Crippen LogP contribution in [0.1, 0.15) is 27.7 Å². The van der Waals surface area contributed by atoms with Crippen LogP contribution in [-0.4, -0.2) is 51.4 Å². The lowest BCUT2D eigenvalue weighted by molar-refractivity contribution is -0.231. The van der Waals surface area contributed by atoms with Crippen molar-refractivity contribution >= 4 is 11.3 Å². The number of alkyl halides is 2. The molecular formula is C24H23F3O5S. The van der Waals surface area contributed by atoms with E-state index in [9.17, 15) is 24.8 Å². The molecule has 5 atom stereocenters. The molecular weight excluding hydrogens is 457 g/mol. The SMILES string of the molecule is Cc1ccc([C@@H]2O[C@H](CO)[C@@H](O)[C@H](O)[C@H]2O)cc1C(F)(F)c1ccc(-c2ccc(F)cc2)s1. The third-order valence-corrected chi connectivity index (χ3v) is 7.07. The van der Waals surface area contributed by atoms with Crippen LogP contribution in [0.3, 0.4) is 0 Å². The van der Waals surface area contributed by atoms with Crippen LogP contribution in [0.2, 0.25) is 0 Å². The first kappa shape index (κ1) is 23.9. The van der Waals surface area contributed by atoms with Crippen molar-refractivity contribution in [3.63, 3.8) is 0 Å². The Morgan fingerprint density at radius 1 is 0.939 bits per heavy atom. The van der Waals surface area contributed by atoms with E-state index in [1.807, 2.05) is 0 Å². The quantitative estimate of drug-likeness (QED) is 0.449. The van der Waals surface area contributed by atoms with Gasteiger partial charge in [-0.2, -0.15) is 8.78 Å². The smallest absolute Gasteiger partial charge is 0.307 e. The summed E-state index contributed by atoms with van der Waals surface area (Å²) in [5.41, 5.74) is 0.812. The van der Waals surface area contributed by atoms with Crippen molar-refractivity contribution in [2.45, 2.75) is 43.4 Å². The minimum Gasteiger partial charge on any atom is -0.394 e. The zero-order chi connectivity index (χ0) is 23.9. The van der Waals surface area contributed by atoms with Gasteiger partial charge in [0.2, 0.25) is 0 Å². The highest BCUT2D eigenvalue weighted by atomic mass is 32.1. The Kier molecular flexibility index (Phi) is 6.63. The predicted octanol–water partition coefficient (Wildman–Crippen LogP) is 3.52. The van der Waals surface area contributed by atoms with Crippen LogP contribution >= 0.6 is 11.3 Å². The summed E-state index contributed by atoms with van der Waals surface area (Å²) in [6.07, 6.45) is -7.08. The number of hydrogen-bond donors (Lipinski definition) is 4. The summed E-state index contributed by atoms with van der Waals surface area (Å²) in [5.74, 6) is -3.79. The summed E-state index contributed by atoms with van der Waals surface area (Å²) in [6, 6.07) is 12.6. The molecule has 4 N–H and O–H groups in total. The van der Waals surface area contributed by atoms with Gasteiger partial charge in [0.1, 0.15) is 36.3 Å². The van der Waals surface area contributed by atoms with E-state index in [4.69, 9.17) is 4.74 Å². The summed E-state index contributed by atoms with van der Waals surface area (Å²) in [4.78, 5) is 0.350. The maximum Gasteiger partial charge on any atom is 0.307 e. The monoisotopic (exact) mass is 480 g/mol. The molecule has 3 aromatic rings. The first-order chi connectivity index (χ1) is 15.6. The summed E-state index contributed by atoms with van der Waals surface area (Å²) < 4.78 is 49.9. The molecule has 176 valence electrons. The Hall–Kier alpha value is -2.27. The fourth-order valence-electron chi connectivity index (χ4n) is 3.94. The lowest BCUT2D eigenvalue weighted by atomic mass is 9.89. The summed E-state index contributed by atoms with van der Waals surface area (Å²) in [6.45, 7) is 0.923. The largest absolute Gasteiger partial charge is 0.394 e. The van der Waals surface area contributed by atoms with E-state index in [-0.39, 0.29) is 16.0 Å². The van der Waals surface area contributed by atoms with E-state index in [0.29, 0.717) is 16.0 Å². The molecule has 2 aromatic carbocycles. The number of halogens is 3. The van der Waals surface area contributed by atoms with Gasteiger partial charge in [0, 0.05) is 10.4 Å². The zero-order valence-corrected chi connectivity index (χ0v) is 18.3. The number of aryl methyl sites for hydroxylation is 1. The van der Waals surface area contributed by atoms with Crippen LogP contribution in [0.15, 0.2) is 54.6 Å². The molecule has 1 aliphatic heterocycles. The van der Waals surface area contributed by atoms with Crippen LogP contribution in [0, 0.1) is 12.7 Å². The van der Waals surface area contributed by atoms with Crippen LogP contribution in [0.25, 0.3) is 10.4 Å². The first-order valence-electron chi connectivity index (χ1n) is 10.3. The Morgan fingerprint density at radius 2 is 1.64 bits per heavy atom. The second-order valence-electron chi connectivity index (χ2n) is 8.07. The van der Waals surface area contributed by atoms with Gasteiger partial charge in [-0.05, 0) is 53.9 Å². The highest BCUT2D eigenvalue weighted by Crippen LogP contribution is 2.44. The van der Waals surface area contributed by atoms with Crippen molar-refractivity contribution in [1.29, 1.82) is 0 Å². The second kappa shape index (κ2) is 9.17. The fourth-order valence-corrected chi connectivity index (χ4v) is 4.94. The van der Waals surface area contributed by atoms with E-state index in [0.717, 1.165) is 11.3 Å². The third kappa shape index (κ3) is 4.44. The van der Waals surface area contributed by atoms with Gasteiger partial charge in [-0.15, -0.1) is 11.3 Å². The van der Waals surface area contributed by atoms with E-state index in [1.165, 1.54) is 55.5 Å². The van der Waals surface area contributed by atoms with Crippen molar-refractivity contribution in [2.24, 2.45) is 0 Å². The lowest BCUT2D eigenvalue weighted by Gasteiger charge is -2.40. The molecule has 0 unspecified atom stereocenters. The minimum atomic E-state index is -3.38. The zero-order valence-electron chi connectivity index (χ0n) is 17.5. The average molecular weight is 481 g/mol. The normalized spacial score (nSPS) is 25.9. The van der Waals surface area contributed by atoms with Gasteiger partial charge < -0.3 is 25.2 Å². The molecule has 0 aliphatic carbocycles. The van der Waals surface area contributed by atoms with Crippen molar-refractivity contribution in [2.75, 3.05) is 6.61 Å². The molecule has 2 heterocycles. The Bertz CT molecular complexity index is 1120. The van der Waals surface area contributed by atoms with Gasteiger partial charge in [0.15, 0.2) is 0 Å². The standard InChI is InChI=1S/C24H23F3O5S/c1-12-2-3-14(23-22(31)21(30)20(29)17(11-28)32-23)10-16(12)24(26,27)19-9-8-18(33-19)13-4-6-15(25)7-5-13/h2-10,17,20-23,28-31H,11H2,1H3/t17-,20-,21+,22-,23+/m1/s1. The summed E-state index contributed by atoms with van der Waals surface area (Å²) in [7, 11) is 0. The molecule has 9 heteroatoms. The fraction of sp³-hybridized carbons (Fsp3) is 0.333. The van der Waals surface area contributed by atoms with Gasteiger partial charge in [-0.1, -0.05) is 24.3 Å². The van der Waals surface area contributed by atoms with Gasteiger partial charge in [-0.3, -0.25) is 0 Å². The van der Waals surface area contributed by atoms with Crippen LogP contribution in [0.5, 0.6) is 0 Å². The number of hydrogen-bond acceptors (Lipinski definition) is 6. The molecule has 1 aromatic heterocycles. The maximum absolute atomic E-state index is 15.6. The minimum absolute atomic E-state index is 0.183. The molecule has 5 nitrogen and oxygen atoms in total. The van der Waals surface area contributed by atoms with E-state index in [1.54, 1.807) is 6.07 Å². The summed E-state index contributed by atoms with van der Waals surface area (Å²) in [5, 5.41) is 39.8. The molecule has 0 amide bonds. The molecule has 0 bridgehead atoms. The first-order valence-corrected chi connectivity index (χ1v) is 11.1. The third-order valence-electron chi connectivity index (χ3n) is 5.86. The predicted molar refractivity (Wildman–Crippen MR) is 117 cm³/mol. The summed E-state index contributed by atoms with van der Waals surface area (Å²) >= 11 is 0.890. The van der Waals surface area contributed by atoms with Crippen LogP contribution in [-0.2, 0) is 10.7 Å². The van der Waals surface area contributed by atoms with Crippen LogP contribution < -0.4 is 0 Å². The van der Waals surface area contributed by atoms with E-state index < -0.39 is 48.9 Å².